The summed E-state index contributed by atoms with van der Waals surface area (Å²) in [6, 6.07) is 1.77. The Morgan fingerprint density at radius 2 is 2.50 bits per heavy atom. The van der Waals surface area contributed by atoms with Crippen LogP contribution in [0.3, 0.4) is 0 Å². The van der Waals surface area contributed by atoms with Crippen molar-refractivity contribution in [2.75, 3.05) is 5.32 Å². The second-order valence-corrected chi connectivity index (χ2v) is 4.05. The van der Waals surface area contributed by atoms with Gasteiger partial charge in [0.05, 0.1) is 5.02 Å². The van der Waals surface area contributed by atoms with E-state index in [9.17, 15) is 4.79 Å². The molecule has 0 bridgehead atoms. The predicted molar refractivity (Wildman–Crippen MR) is 61.2 cm³/mol. The fourth-order valence-corrected chi connectivity index (χ4v) is 1.95. The number of H-pyrrole nitrogens is 1. The third-order valence-corrected chi connectivity index (χ3v) is 2.93. The number of amides is 1. The molecule has 0 radical (unpaired) electrons. The quantitative estimate of drug-likeness (QED) is 0.816. The molecule has 0 unspecified atom stereocenters. The molecule has 0 spiro atoms. The molecule has 6 nitrogen and oxygen atoms in total. The molecule has 0 aliphatic carbocycles. The molecular formula is C8H6ClN5OS. The molecule has 2 rings (SSSR count). The van der Waals surface area contributed by atoms with Gasteiger partial charge in [-0.2, -0.15) is 5.21 Å². The van der Waals surface area contributed by atoms with Gasteiger partial charge in [0, 0.05) is 11.0 Å². The molecule has 2 N–H and O–H groups in total. The molecule has 0 atom stereocenters. The predicted octanol–water partition coefficient (Wildman–Crippen LogP) is 1.57. The highest BCUT2D eigenvalue weighted by molar-refractivity contribution is 7.11. The molecule has 0 aliphatic rings. The molecule has 2 aromatic rings. The van der Waals surface area contributed by atoms with E-state index in [4.69, 9.17) is 11.6 Å². The number of aromatic amines is 1. The van der Waals surface area contributed by atoms with E-state index in [1.807, 2.05) is 5.38 Å². The van der Waals surface area contributed by atoms with Crippen molar-refractivity contribution in [1.82, 2.24) is 20.6 Å². The average molecular weight is 256 g/mol. The fraction of sp³-hybridized carbons (Fsp3) is 0. The summed E-state index contributed by atoms with van der Waals surface area (Å²) in [6.45, 7) is 0. The molecule has 82 valence electrons. The van der Waals surface area contributed by atoms with E-state index in [-0.39, 0.29) is 11.9 Å². The Labute approximate surface area is 99.3 Å². The second-order valence-electron chi connectivity index (χ2n) is 2.69. The van der Waals surface area contributed by atoms with Crippen LogP contribution in [-0.2, 0) is 4.79 Å². The van der Waals surface area contributed by atoms with Crippen molar-refractivity contribution >= 4 is 40.9 Å². The Bertz CT molecular complexity index is 506. The van der Waals surface area contributed by atoms with Gasteiger partial charge in [-0.25, -0.2) is 0 Å². The largest absolute Gasteiger partial charge is 0.288 e. The number of anilines is 1. The smallest absolute Gasteiger partial charge is 0.270 e. The van der Waals surface area contributed by atoms with Gasteiger partial charge >= 0.3 is 0 Å². The molecule has 0 fully saturated rings. The summed E-state index contributed by atoms with van der Waals surface area (Å²) in [4.78, 5) is 12.2. The van der Waals surface area contributed by atoms with Gasteiger partial charge < -0.3 is 0 Å². The zero-order valence-corrected chi connectivity index (χ0v) is 9.42. The minimum absolute atomic E-state index is 0.131. The minimum atomic E-state index is -0.342. The molecular weight excluding hydrogens is 250 g/mol. The van der Waals surface area contributed by atoms with E-state index in [0.29, 0.717) is 5.02 Å². The number of hydrogen-bond donors (Lipinski definition) is 2. The maximum absolute atomic E-state index is 11.4. The first-order chi connectivity index (χ1) is 7.75. The number of hydrogen-bond acceptors (Lipinski definition) is 5. The zero-order chi connectivity index (χ0) is 11.4. The number of carbonyl (C=O) groups excluding carboxylic acids is 1. The number of nitrogens with one attached hydrogen (secondary N) is 2. The third kappa shape index (κ3) is 2.65. The maximum atomic E-state index is 11.4. The lowest BCUT2D eigenvalue weighted by molar-refractivity contribution is -0.111. The van der Waals surface area contributed by atoms with Crippen molar-refractivity contribution < 1.29 is 4.79 Å². The molecule has 0 aliphatic heterocycles. The normalized spacial score (nSPS) is 10.8. The number of carbonyl (C=O) groups is 1. The van der Waals surface area contributed by atoms with Crippen LogP contribution in [0.5, 0.6) is 0 Å². The van der Waals surface area contributed by atoms with Crippen LogP contribution in [0.1, 0.15) is 4.88 Å². The Balaban J connectivity index is 1.98. The summed E-state index contributed by atoms with van der Waals surface area (Å²) >= 11 is 7.30. The van der Waals surface area contributed by atoms with Gasteiger partial charge in [0.15, 0.2) is 0 Å². The Morgan fingerprint density at radius 3 is 3.12 bits per heavy atom. The van der Waals surface area contributed by atoms with Crippen LogP contribution in [0.15, 0.2) is 17.5 Å². The molecule has 8 heteroatoms. The van der Waals surface area contributed by atoms with Crippen LogP contribution < -0.4 is 5.32 Å². The van der Waals surface area contributed by atoms with E-state index in [1.54, 1.807) is 12.1 Å². The third-order valence-electron chi connectivity index (χ3n) is 1.61. The first-order valence-electron chi connectivity index (χ1n) is 4.21. The van der Waals surface area contributed by atoms with Crippen LogP contribution in [0.2, 0.25) is 5.02 Å². The van der Waals surface area contributed by atoms with Crippen molar-refractivity contribution in [1.29, 1.82) is 0 Å². The van der Waals surface area contributed by atoms with E-state index in [2.05, 4.69) is 25.9 Å². The van der Waals surface area contributed by atoms with Crippen LogP contribution >= 0.6 is 22.9 Å². The van der Waals surface area contributed by atoms with Gasteiger partial charge in [-0.15, -0.1) is 16.4 Å². The number of aromatic nitrogens is 4. The number of rotatable bonds is 3. The first-order valence-corrected chi connectivity index (χ1v) is 5.47. The van der Waals surface area contributed by atoms with Gasteiger partial charge in [-0.3, -0.25) is 10.1 Å². The summed E-state index contributed by atoms with van der Waals surface area (Å²) in [5.41, 5.74) is 0. The lowest BCUT2D eigenvalue weighted by atomic mass is 10.4. The monoisotopic (exact) mass is 255 g/mol. The van der Waals surface area contributed by atoms with Crippen molar-refractivity contribution in [3.05, 3.63) is 27.4 Å². The van der Waals surface area contributed by atoms with E-state index in [1.165, 1.54) is 17.4 Å². The highest BCUT2D eigenvalue weighted by atomic mass is 35.5. The second kappa shape index (κ2) is 4.86. The van der Waals surface area contributed by atoms with Gasteiger partial charge in [-0.05, 0) is 22.7 Å². The SMILES string of the molecule is O=C(C=Cc1sccc1Cl)Nc1nn[nH]n1. The minimum Gasteiger partial charge on any atom is -0.288 e. The van der Waals surface area contributed by atoms with Crippen LogP contribution in [0.4, 0.5) is 5.95 Å². The van der Waals surface area contributed by atoms with Gasteiger partial charge in [0.25, 0.3) is 11.9 Å². The summed E-state index contributed by atoms with van der Waals surface area (Å²) in [5.74, 6) is -0.210. The molecule has 2 heterocycles. The number of nitrogens with zero attached hydrogens (tertiary/aromatic N) is 3. The van der Waals surface area contributed by atoms with Gasteiger partial charge in [0.1, 0.15) is 0 Å². The summed E-state index contributed by atoms with van der Waals surface area (Å²) in [6.07, 6.45) is 2.98. The molecule has 2 aromatic heterocycles. The topological polar surface area (TPSA) is 83.6 Å². The number of tetrazole rings is 1. The number of halogens is 1. The highest BCUT2D eigenvalue weighted by Crippen LogP contribution is 2.23. The van der Waals surface area contributed by atoms with E-state index >= 15 is 0 Å². The number of thiophene rings is 1. The first kappa shape index (κ1) is 10.8. The Hall–Kier alpha value is -1.73. The van der Waals surface area contributed by atoms with Crippen LogP contribution in [0.25, 0.3) is 6.08 Å². The average Bonchev–Trinajstić information content (AvgIpc) is 2.87. The molecule has 16 heavy (non-hydrogen) atoms. The highest BCUT2D eigenvalue weighted by Gasteiger charge is 2.02. The van der Waals surface area contributed by atoms with Gasteiger partial charge in [0.2, 0.25) is 0 Å². The summed E-state index contributed by atoms with van der Waals surface area (Å²) < 4.78 is 0. The van der Waals surface area contributed by atoms with E-state index < -0.39 is 0 Å². The Kier molecular flexibility index (Phi) is 3.28. The van der Waals surface area contributed by atoms with Crippen LogP contribution in [0, 0.1) is 0 Å². The molecule has 0 aromatic carbocycles. The summed E-state index contributed by atoms with van der Waals surface area (Å²) in [5, 5.41) is 17.6. The lowest BCUT2D eigenvalue weighted by Gasteiger charge is -1.92. The molecule has 0 saturated heterocycles. The fourth-order valence-electron chi connectivity index (χ4n) is 0.942. The van der Waals surface area contributed by atoms with Crippen molar-refractivity contribution in [2.45, 2.75) is 0 Å². The van der Waals surface area contributed by atoms with Crippen molar-refractivity contribution in [2.24, 2.45) is 0 Å². The van der Waals surface area contributed by atoms with Crippen molar-refractivity contribution in [3.8, 4) is 0 Å². The maximum Gasteiger partial charge on any atom is 0.270 e. The zero-order valence-electron chi connectivity index (χ0n) is 7.85. The summed E-state index contributed by atoms with van der Waals surface area (Å²) in [7, 11) is 0. The lowest BCUT2D eigenvalue weighted by Crippen LogP contribution is -2.08. The molecule has 1 amide bonds. The standard InChI is InChI=1S/C8H6ClN5OS/c9-5-3-4-16-6(5)1-2-7(15)10-8-11-13-14-12-8/h1-4H,(H2,10,11,12,13,14,15). The van der Waals surface area contributed by atoms with Crippen molar-refractivity contribution in [3.63, 3.8) is 0 Å². The van der Waals surface area contributed by atoms with Crippen LogP contribution in [-0.4, -0.2) is 26.5 Å². The van der Waals surface area contributed by atoms with Gasteiger partial charge in [-0.1, -0.05) is 16.7 Å². The Morgan fingerprint density at radius 1 is 1.62 bits per heavy atom. The molecule has 0 saturated carbocycles. The van der Waals surface area contributed by atoms with E-state index in [0.717, 1.165) is 4.88 Å².